The molecular formula is C17H15BrF3NO2. The molecule has 2 aromatic carbocycles. The van der Waals surface area contributed by atoms with Crippen molar-refractivity contribution < 1.29 is 22.7 Å². The van der Waals surface area contributed by atoms with Crippen molar-refractivity contribution >= 4 is 21.8 Å². The van der Waals surface area contributed by atoms with Crippen LogP contribution in [0, 0.1) is 0 Å². The highest BCUT2D eigenvalue weighted by Gasteiger charge is 2.53. The first-order valence-corrected chi connectivity index (χ1v) is 7.76. The van der Waals surface area contributed by atoms with Crippen LogP contribution < -0.4 is 10.1 Å². The number of nitrogens with one attached hydrogen (secondary N) is 1. The monoisotopic (exact) mass is 401 g/mol. The van der Waals surface area contributed by atoms with Crippen molar-refractivity contribution in [1.82, 2.24) is 5.32 Å². The van der Waals surface area contributed by atoms with Gasteiger partial charge in [0, 0.05) is 4.47 Å². The highest BCUT2D eigenvalue weighted by Crippen LogP contribution is 2.39. The molecule has 0 spiro atoms. The average Bonchev–Trinajstić information content (AvgIpc) is 2.54. The Morgan fingerprint density at radius 3 is 2.29 bits per heavy atom. The summed E-state index contributed by atoms with van der Waals surface area (Å²) in [5, 5.41) is 2.11. The minimum Gasteiger partial charge on any atom is -0.497 e. The van der Waals surface area contributed by atoms with E-state index in [1.54, 1.807) is 18.2 Å². The van der Waals surface area contributed by atoms with E-state index in [0.717, 1.165) is 6.92 Å². The zero-order chi connectivity index (χ0) is 18.0. The van der Waals surface area contributed by atoms with E-state index < -0.39 is 17.6 Å². The normalized spacial score (nSPS) is 13.9. The second-order valence-corrected chi connectivity index (χ2v) is 6.14. The molecule has 0 fully saturated rings. The van der Waals surface area contributed by atoms with Gasteiger partial charge in [-0.3, -0.25) is 4.79 Å². The molecule has 0 aliphatic carbocycles. The number of rotatable bonds is 4. The molecule has 0 saturated carbocycles. The summed E-state index contributed by atoms with van der Waals surface area (Å²) in [6, 6.07) is 11.8. The van der Waals surface area contributed by atoms with Gasteiger partial charge < -0.3 is 10.1 Å². The highest BCUT2D eigenvalue weighted by molar-refractivity contribution is 9.10. The Balaban J connectivity index is 2.43. The molecule has 2 aromatic rings. The van der Waals surface area contributed by atoms with Crippen LogP contribution in [0.15, 0.2) is 53.0 Å². The van der Waals surface area contributed by atoms with Gasteiger partial charge in [-0.15, -0.1) is 0 Å². The van der Waals surface area contributed by atoms with Gasteiger partial charge >= 0.3 is 6.18 Å². The molecule has 1 amide bonds. The van der Waals surface area contributed by atoms with Crippen molar-refractivity contribution in [3.05, 3.63) is 64.1 Å². The smallest absolute Gasteiger partial charge is 0.415 e. The van der Waals surface area contributed by atoms with Crippen molar-refractivity contribution in [2.24, 2.45) is 0 Å². The van der Waals surface area contributed by atoms with Gasteiger partial charge in [-0.1, -0.05) is 30.3 Å². The van der Waals surface area contributed by atoms with Crippen LogP contribution in [0.1, 0.15) is 22.8 Å². The summed E-state index contributed by atoms with van der Waals surface area (Å²) in [7, 11) is 1.41. The molecule has 128 valence electrons. The number of hydrogen-bond donors (Lipinski definition) is 1. The van der Waals surface area contributed by atoms with Crippen molar-refractivity contribution in [3.8, 4) is 5.75 Å². The summed E-state index contributed by atoms with van der Waals surface area (Å²) in [5.74, 6) is -0.485. The zero-order valence-corrected chi connectivity index (χ0v) is 14.5. The summed E-state index contributed by atoms with van der Waals surface area (Å²) >= 11 is 3.18. The first-order chi connectivity index (χ1) is 11.2. The quantitative estimate of drug-likeness (QED) is 0.808. The number of carbonyl (C=O) groups is 1. The Morgan fingerprint density at radius 1 is 1.12 bits per heavy atom. The zero-order valence-electron chi connectivity index (χ0n) is 12.9. The van der Waals surface area contributed by atoms with Crippen LogP contribution in [0.4, 0.5) is 13.2 Å². The summed E-state index contributed by atoms with van der Waals surface area (Å²) in [6.45, 7) is 0.939. The van der Waals surface area contributed by atoms with Crippen molar-refractivity contribution in [2.75, 3.05) is 7.11 Å². The second kappa shape index (κ2) is 6.84. The van der Waals surface area contributed by atoms with Gasteiger partial charge in [0.2, 0.25) is 0 Å². The molecule has 0 bridgehead atoms. The Hall–Kier alpha value is -2.02. The molecule has 3 nitrogen and oxygen atoms in total. The number of alkyl halides is 3. The fraction of sp³-hybridized carbons (Fsp3) is 0.235. The van der Waals surface area contributed by atoms with Crippen LogP contribution in [0.3, 0.4) is 0 Å². The van der Waals surface area contributed by atoms with Crippen LogP contribution in [-0.4, -0.2) is 19.2 Å². The lowest BCUT2D eigenvalue weighted by atomic mass is 9.90. The number of carbonyl (C=O) groups excluding carboxylic acids is 1. The number of methoxy groups -OCH3 is 1. The predicted molar refractivity (Wildman–Crippen MR) is 88.0 cm³/mol. The minimum atomic E-state index is -4.67. The molecule has 0 radical (unpaired) electrons. The molecule has 7 heteroatoms. The lowest BCUT2D eigenvalue weighted by Crippen LogP contribution is -2.54. The number of benzene rings is 2. The largest absolute Gasteiger partial charge is 0.497 e. The van der Waals surface area contributed by atoms with Gasteiger partial charge in [-0.25, -0.2) is 0 Å². The number of halogens is 4. The average molecular weight is 402 g/mol. The fourth-order valence-corrected chi connectivity index (χ4v) is 2.60. The third-order valence-corrected chi connectivity index (χ3v) is 4.39. The molecule has 2 rings (SSSR count). The first kappa shape index (κ1) is 18.3. The Labute approximate surface area is 146 Å². The summed E-state index contributed by atoms with van der Waals surface area (Å²) in [5.41, 5.74) is -2.51. The van der Waals surface area contributed by atoms with E-state index in [-0.39, 0.29) is 11.1 Å². The van der Waals surface area contributed by atoms with Crippen LogP contribution >= 0.6 is 15.9 Å². The van der Waals surface area contributed by atoms with Gasteiger partial charge in [0.05, 0.1) is 12.7 Å². The standard InChI is InChI=1S/C17H15BrF3NO2/c1-16(17(19,20)21,11-6-4-3-5-7-11)22-15(23)13-10-12(24-2)8-9-14(13)18/h3-10H,1-2H3,(H,22,23)/t16-/m1/s1. The van der Waals surface area contributed by atoms with Crippen molar-refractivity contribution in [2.45, 2.75) is 18.6 Å². The first-order valence-electron chi connectivity index (χ1n) is 6.97. The molecule has 0 aliphatic rings. The summed E-state index contributed by atoms with van der Waals surface area (Å²) in [6.07, 6.45) is -4.67. The number of hydrogen-bond acceptors (Lipinski definition) is 2. The maximum absolute atomic E-state index is 13.7. The topological polar surface area (TPSA) is 38.3 Å². The molecule has 1 N–H and O–H groups in total. The van der Waals surface area contributed by atoms with E-state index in [4.69, 9.17) is 4.74 Å². The lowest BCUT2D eigenvalue weighted by molar-refractivity contribution is -0.192. The van der Waals surface area contributed by atoms with Gasteiger partial charge in [-0.05, 0) is 46.6 Å². The van der Waals surface area contributed by atoms with Crippen molar-refractivity contribution in [1.29, 1.82) is 0 Å². The van der Waals surface area contributed by atoms with E-state index in [1.165, 1.54) is 37.4 Å². The van der Waals surface area contributed by atoms with Crippen LogP contribution in [0.25, 0.3) is 0 Å². The SMILES string of the molecule is COc1ccc(Br)c(C(=O)N[C@](C)(c2ccccc2)C(F)(F)F)c1. The summed E-state index contributed by atoms with van der Waals surface area (Å²) in [4.78, 5) is 12.5. The Kier molecular flexibility index (Phi) is 5.22. The molecule has 0 aromatic heterocycles. The van der Waals surface area contributed by atoms with Crippen LogP contribution in [0.5, 0.6) is 5.75 Å². The molecule has 0 aliphatic heterocycles. The van der Waals surface area contributed by atoms with Crippen LogP contribution in [-0.2, 0) is 5.54 Å². The van der Waals surface area contributed by atoms with Gasteiger partial charge in [0.1, 0.15) is 5.75 Å². The molecule has 24 heavy (non-hydrogen) atoms. The van der Waals surface area contributed by atoms with Crippen molar-refractivity contribution in [3.63, 3.8) is 0 Å². The third-order valence-electron chi connectivity index (χ3n) is 3.70. The maximum Gasteiger partial charge on any atom is 0.415 e. The Bertz CT molecular complexity index is 734. The van der Waals surface area contributed by atoms with E-state index >= 15 is 0 Å². The molecule has 0 unspecified atom stereocenters. The Morgan fingerprint density at radius 2 is 1.75 bits per heavy atom. The molecule has 0 saturated heterocycles. The van der Waals surface area contributed by atoms with E-state index in [2.05, 4.69) is 21.2 Å². The number of amides is 1. The van der Waals surface area contributed by atoms with Crippen LogP contribution in [0.2, 0.25) is 0 Å². The number of ether oxygens (including phenoxy) is 1. The van der Waals surface area contributed by atoms with E-state index in [1.807, 2.05) is 0 Å². The second-order valence-electron chi connectivity index (χ2n) is 5.29. The molecule has 1 atom stereocenters. The van der Waals surface area contributed by atoms with Gasteiger partial charge in [-0.2, -0.15) is 13.2 Å². The van der Waals surface area contributed by atoms with E-state index in [9.17, 15) is 18.0 Å². The summed E-state index contributed by atoms with van der Waals surface area (Å²) < 4.78 is 46.4. The molecule has 0 heterocycles. The van der Waals surface area contributed by atoms with Gasteiger partial charge in [0.15, 0.2) is 5.54 Å². The maximum atomic E-state index is 13.7. The molecular weight excluding hydrogens is 387 g/mol. The highest BCUT2D eigenvalue weighted by atomic mass is 79.9. The predicted octanol–water partition coefficient (Wildman–Crippen LogP) is 4.67. The fourth-order valence-electron chi connectivity index (χ4n) is 2.18. The lowest BCUT2D eigenvalue weighted by Gasteiger charge is -2.33. The minimum absolute atomic E-state index is 0.0510. The third kappa shape index (κ3) is 3.56. The van der Waals surface area contributed by atoms with E-state index in [0.29, 0.717) is 10.2 Å². The van der Waals surface area contributed by atoms with Gasteiger partial charge in [0.25, 0.3) is 5.91 Å².